The molecule has 8 heteroatoms. The smallest absolute Gasteiger partial charge is 0.271 e. The Hall–Kier alpha value is -3.39. The minimum absolute atomic E-state index is 0.0637. The van der Waals surface area contributed by atoms with Crippen LogP contribution in [0.15, 0.2) is 36.2 Å². The molecule has 4 rings (SSSR count). The van der Waals surface area contributed by atoms with E-state index in [1.165, 1.54) is 11.1 Å². The number of aromatic nitrogens is 2. The van der Waals surface area contributed by atoms with E-state index >= 15 is 0 Å². The van der Waals surface area contributed by atoms with E-state index in [4.69, 9.17) is 5.73 Å². The molecule has 0 spiro atoms. The number of hydrogen-bond acceptors (Lipinski definition) is 7. The van der Waals surface area contributed by atoms with Gasteiger partial charge in [-0.1, -0.05) is 24.3 Å². The second-order valence-corrected chi connectivity index (χ2v) is 8.82. The molecular formula is C25H31N5O3. The van der Waals surface area contributed by atoms with Crippen molar-refractivity contribution in [1.82, 2.24) is 20.2 Å². The third kappa shape index (κ3) is 5.01. The van der Waals surface area contributed by atoms with Crippen LogP contribution in [0.25, 0.3) is 5.57 Å². The van der Waals surface area contributed by atoms with Gasteiger partial charge in [0, 0.05) is 26.1 Å². The van der Waals surface area contributed by atoms with Crippen LogP contribution in [0, 0.1) is 19.8 Å². The molecule has 0 bridgehead atoms. The molecule has 1 aromatic carbocycles. The molecule has 1 amide bonds. The van der Waals surface area contributed by atoms with Crippen molar-refractivity contribution < 1.29 is 15.0 Å². The van der Waals surface area contributed by atoms with Gasteiger partial charge in [-0.25, -0.2) is 9.97 Å². The summed E-state index contributed by atoms with van der Waals surface area (Å²) in [6.07, 6.45) is 6.96. The van der Waals surface area contributed by atoms with Crippen LogP contribution in [0.5, 0.6) is 5.75 Å². The summed E-state index contributed by atoms with van der Waals surface area (Å²) >= 11 is 0. The average molecular weight is 450 g/mol. The lowest BCUT2D eigenvalue weighted by Gasteiger charge is -2.36. The van der Waals surface area contributed by atoms with E-state index in [0.717, 1.165) is 49.4 Å². The van der Waals surface area contributed by atoms with Crippen LogP contribution in [-0.2, 0) is 13.0 Å². The highest BCUT2D eigenvalue weighted by Gasteiger charge is 2.24. The SMILES string of the molecule is Cc1cc(C2=CC=C(N3CCC(Cc4nc(C)c(O)c(C(N)=O)n4)CC3)NC2)ccc1CO. The Morgan fingerprint density at radius 3 is 2.58 bits per heavy atom. The number of aliphatic hydroxyl groups is 1. The van der Waals surface area contributed by atoms with Gasteiger partial charge in [0.15, 0.2) is 11.4 Å². The zero-order valence-electron chi connectivity index (χ0n) is 19.1. The Morgan fingerprint density at radius 2 is 1.97 bits per heavy atom. The predicted molar refractivity (Wildman–Crippen MR) is 126 cm³/mol. The molecule has 33 heavy (non-hydrogen) atoms. The molecule has 5 N–H and O–H groups in total. The van der Waals surface area contributed by atoms with Gasteiger partial charge in [0.1, 0.15) is 11.6 Å². The number of likely N-dealkylation sites (tertiary alicyclic amines) is 1. The van der Waals surface area contributed by atoms with Crippen molar-refractivity contribution in [2.75, 3.05) is 19.6 Å². The number of benzene rings is 1. The van der Waals surface area contributed by atoms with Gasteiger partial charge in [0.05, 0.1) is 12.3 Å². The lowest BCUT2D eigenvalue weighted by Crippen LogP contribution is -2.40. The number of allylic oxidation sites excluding steroid dienone is 2. The number of nitrogens with zero attached hydrogens (tertiary/aromatic N) is 3. The van der Waals surface area contributed by atoms with Crippen LogP contribution in [0.3, 0.4) is 0 Å². The number of piperidine rings is 1. The van der Waals surface area contributed by atoms with E-state index < -0.39 is 5.91 Å². The van der Waals surface area contributed by atoms with E-state index in [9.17, 15) is 15.0 Å². The number of rotatable bonds is 6. The monoisotopic (exact) mass is 449 g/mol. The van der Waals surface area contributed by atoms with Gasteiger partial charge in [-0.2, -0.15) is 0 Å². The van der Waals surface area contributed by atoms with Crippen LogP contribution >= 0.6 is 0 Å². The molecule has 3 heterocycles. The molecule has 2 aromatic rings. The first-order valence-corrected chi connectivity index (χ1v) is 11.3. The molecule has 2 aliphatic heterocycles. The zero-order valence-corrected chi connectivity index (χ0v) is 19.1. The highest BCUT2D eigenvalue weighted by Crippen LogP contribution is 2.27. The fourth-order valence-corrected chi connectivity index (χ4v) is 4.50. The number of carbonyl (C=O) groups is 1. The Kier molecular flexibility index (Phi) is 6.65. The van der Waals surface area contributed by atoms with Crippen molar-refractivity contribution >= 4 is 11.5 Å². The van der Waals surface area contributed by atoms with E-state index in [-0.39, 0.29) is 18.1 Å². The van der Waals surface area contributed by atoms with Crippen LogP contribution in [0.1, 0.15) is 51.5 Å². The summed E-state index contributed by atoms with van der Waals surface area (Å²) in [5, 5.41) is 22.9. The van der Waals surface area contributed by atoms with E-state index in [2.05, 4.69) is 44.5 Å². The van der Waals surface area contributed by atoms with Crippen molar-refractivity contribution in [2.45, 2.75) is 39.7 Å². The third-order valence-corrected chi connectivity index (χ3v) is 6.55. The summed E-state index contributed by atoms with van der Waals surface area (Å²) in [4.78, 5) is 22.4. The summed E-state index contributed by atoms with van der Waals surface area (Å²) in [7, 11) is 0. The lowest BCUT2D eigenvalue weighted by molar-refractivity contribution is 0.0991. The summed E-state index contributed by atoms with van der Waals surface area (Å²) in [6, 6.07) is 6.18. The van der Waals surface area contributed by atoms with Gasteiger partial charge in [0.2, 0.25) is 0 Å². The molecule has 0 atom stereocenters. The number of dihydropyridines is 1. The van der Waals surface area contributed by atoms with Crippen LogP contribution in [-0.4, -0.2) is 50.6 Å². The van der Waals surface area contributed by atoms with Gasteiger partial charge >= 0.3 is 0 Å². The Labute approximate surface area is 193 Å². The van der Waals surface area contributed by atoms with Crippen LogP contribution in [0.4, 0.5) is 0 Å². The summed E-state index contributed by atoms with van der Waals surface area (Å²) in [5.74, 6) is 1.13. The molecule has 1 fully saturated rings. The summed E-state index contributed by atoms with van der Waals surface area (Å²) in [5.41, 5.74) is 10.1. The average Bonchev–Trinajstić information content (AvgIpc) is 2.81. The fraction of sp³-hybridized carbons (Fsp3) is 0.400. The molecule has 174 valence electrons. The second-order valence-electron chi connectivity index (χ2n) is 8.82. The minimum Gasteiger partial charge on any atom is -0.504 e. The first-order chi connectivity index (χ1) is 15.9. The van der Waals surface area contributed by atoms with Gasteiger partial charge in [-0.05, 0) is 60.9 Å². The molecule has 1 saturated heterocycles. The van der Waals surface area contributed by atoms with Crippen LogP contribution in [0.2, 0.25) is 0 Å². The zero-order chi connectivity index (χ0) is 23.5. The fourth-order valence-electron chi connectivity index (χ4n) is 4.50. The van der Waals surface area contributed by atoms with Crippen molar-refractivity contribution in [3.63, 3.8) is 0 Å². The third-order valence-electron chi connectivity index (χ3n) is 6.55. The standard InChI is InChI=1S/C25H31N5O3/c1-15-11-18(3-4-20(15)14-31)19-5-6-22(27-13-19)30-9-7-17(8-10-30)12-21-28-16(2)24(32)23(29-21)25(26)33/h3-6,11,17,27,31-32H,7-10,12-14H2,1-2H3,(H2,26,33). The molecule has 1 aromatic heterocycles. The van der Waals surface area contributed by atoms with Gasteiger partial charge < -0.3 is 26.2 Å². The molecule has 0 unspecified atom stereocenters. The molecule has 0 aliphatic carbocycles. The van der Waals surface area contributed by atoms with E-state index in [1.807, 2.05) is 13.0 Å². The number of primary amides is 1. The van der Waals surface area contributed by atoms with E-state index in [0.29, 0.717) is 23.9 Å². The first kappa shape index (κ1) is 22.8. The number of nitrogens with one attached hydrogen (secondary N) is 1. The van der Waals surface area contributed by atoms with Crippen LogP contribution < -0.4 is 11.1 Å². The Balaban J connectivity index is 1.37. The number of aromatic hydroxyl groups is 1. The van der Waals surface area contributed by atoms with Gasteiger partial charge in [0.25, 0.3) is 5.91 Å². The second kappa shape index (κ2) is 9.62. The normalized spacial score (nSPS) is 16.8. The molecule has 2 aliphatic rings. The Bertz CT molecular complexity index is 1120. The maximum atomic E-state index is 11.5. The number of aryl methyl sites for hydroxylation is 2. The first-order valence-electron chi connectivity index (χ1n) is 11.3. The maximum absolute atomic E-state index is 11.5. The number of nitrogens with two attached hydrogens (primary N) is 1. The van der Waals surface area contributed by atoms with Gasteiger partial charge in [-0.15, -0.1) is 0 Å². The number of hydrogen-bond donors (Lipinski definition) is 4. The number of amides is 1. The van der Waals surface area contributed by atoms with Crippen molar-refractivity contribution in [1.29, 1.82) is 0 Å². The molecular weight excluding hydrogens is 418 g/mol. The summed E-state index contributed by atoms with van der Waals surface area (Å²) in [6.45, 7) is 6.36. The lowest BCUT2D eigenvalue weighted by atomic mass is 9.93. The highest BCUT2D eigenvalue weighted by molar-refractivity contribution is 5.93. The largest absolute Gasteiger partial charge is 0.504 e. The van der Waals surface area contributed by atoms with Crippen molar-refractivity contribution in [3.05, 3.63) is 70.1 Å². The van der Waals surface area contributed by atoms with Gasteiger partial charge in [-0.3, -0.25) is 4.79 Å². The minimum atomic E-state index is -0.740. The number of carbonyl (C=O) groups excluding carboxylic acids is 1. The number of aliphatic hydroxyl groups excluding tert-OH is 1. The molecule has 0 saturated carbocycles. The Morgan fingerprint density at radius 1 is 1.21 bits per heavy atom. The maximum Gasteiger partial charge on any atom is 0.271 e. The molecule has 8 nitrogen and oxygen atoms in total. The van der Waals surface area contributed by atoms with Crippen molar-refractivity contribution in [2.24, 2.45) is 11.7 Å². The van der Waals surface area contributed by atoms with Crippen molar-refractivity contribution in [3.8, 4) is 5.75 Å². The predicted octanol–water partition coefficient (Wildman–Crippen LogP) is 2.17. The summed E-state index contributed by atoms with van der Waals surface area (Å²) < 4.78 is 0. The highest BCUT2D eigenvalue weighted by atomic mass is 16.3. The van der Waals surface area contributed by atoms with E-state index in [1.54, 1.807) is 6.92 Å². The topological polar surface area (TPSA) is 125 Å². The molecule has 0 radical (unpaired) electrons. The quantitative estimate of drug-likeness (QED) is 0.533.